The van der Waals surface area contributed by atoms with Crippen LogP contribution in [-0.4, -0.2) is 64.1 Å². The second kappa shape index (κ2) is 10.1. The number of carboxylic acid groups (broad SMARTS) is 1. The Morgan fingerprint density at radius 2 is 2.10 bits per heavy atom. The van der Waals surface area contributed by atoms with Crippen LogP contribution in [0.3, 0.4) is 0 Å². The van der Waals surface area contributed by atoms with Gasteiger partial charge in [-0.2, -0.15) is 5.48 Å². The number of amides is 2. The van der Waals surface area contributed by atoms with E-state index >= 15 is 0 Å². The highest BCUT2D eigenvalue weighted by Crippen LogP contribution is 2.40. The lowest BCUT2D eigenvalue weighted by atomic mass is 10.0. The molecule has 3 N–H and O–H groups in total. The number of fused-ring (bicyclic) bond motifs is 1. The maximum Gasteiger partial charge on any atom is 0.352 e. The third-order valence-corrected chi connectivity index (χ3v) is 6.05. The molecule has 0 radical (unpaired) electrons. The van der Waals surface area contributed by atoms with E-state index in [1.807, 2.05) is 6.07 Å². The minimum atomic E-state index is -1.29. The van der Waals surface area contributed by atoms with Gasteiger partial charge >= 0.3 is 11.9 Å². The number of benzene rings is 1. The first kappa shape index (κ1) is 23.1. The number of halogens is 1. The molecular weight excluding hydrogens is 450 g/mol. The summed E-state index contributed by atoms with van der Waals surface area (Å²) in [7, 11) is 0. The van der Waals surface area contributed by atoms with Gasteiger partial charge in [0.25, 0.3) is 5.91 Å². The summed E-state index contributed by atoms with van der Waals surface area (Å²) in [4.78, 5) is 53.7. The Balaban J connectivity index is 1.50. The van der Waals surface area contributed by atoms with Crippen LogP contribution in [0.5, 0.6) is 0 Å². The maximum absolute atomic E-state index is 12.5. The lowest BCUT2D eigenvalue weighted by Gasteiger charge is -2.49. The van der Waals surface area contributed by atoms with Gasteiger partial charge in [-0.3, -0.25) is 24.1 Å². The van der Waals surface area contributed by atoms with Gasteiger partial charge < -0.3 is 15.2 Å². The monoisotopic (exact) mass is 469 g/mol. The van der Waals surface area contributed by atoms with E-state index in [9.17, 15) is 24.3 Å². The second-order valence-electron chi connectivity index (χ2n) is 6.73. The lowest BCUT2D eigenvalue weighted by Crippen LogP contribution is -2.71. The summed E-state index contributed by atoms with van der Waals surface area (Å²) in [5.41, 5.74) is 3.46. The van der Waals surface area contributed by atoms with Crippen molar-refractivity contribution in [3.05, 3.63) is 46.1 Å². The zero-order valence-electron chi connectivity index (χ0n) is 16.4. The fraction of sp³-hybridized carbons (Fsp3) is 0.368. The number of thioether (sulfide) groups is 1. The third kappa shape index (κ3) is 5.56. The van der Waals surface area contributed by atoms with Crippen LogP contribution < -0.4 is 10.8 Å². The fourth-order valence-electron chi connectivity index (χ4n) is 3.09. The van der Waals surface area contributed by atoms with Crippen molar-refractivity contribution in [2.45, 2.75) is 24.9 Å². The average Bonchev–Trinajstić information content (AvgIpc) is 2.72. The maximum atomic E-state index is 12.5. The zero-order valence-corrected chi connectivity index (χ0v) is 18.0. The van der Waals surface area contributed by atoms with E-state index in [4.69, 9.17) is 21.2 Å². The van der Waals surface area contributed by atoms with Crippen molar-refractivity contribution in [3.63, 3.8) is 0 Å². The molecule has 0 bridgehead atoms. The Labute approximate surface area is 186 Å². The second-order valence-corrected chi connectivity index (χ2v) is 8.27. The Morgan fingerprint density at radius 3 is 2.77 bits per heavy atom. The summed E-state index contributed by atoms with van der Waals surface area (Å²) in [6.45, 7) is 1.01. The molecule has 2 aliphatic heterocycles. The normalized spacial score (nSPS) is 20.1. The highest BCUT2D eigenvalue weighted by atomic mass is 35.5. The summed E-state index contributed by atoms with van der Waals surface area (Å²) in [5.74, 6) is -2.59. The van der Waals surface area contributed by atoms with E-state index in [0.717, 1.165) is 10.5 Å². The minimum absolute atomic E-state index is 0.193. The van der Waals surface area contributed by atoms with Crippen LogP contribution in [0.15, 0.2) is 35.5 Å². The van der Waals surface area contributed by atoms with E-state index in [2.05, 4.69) is 10.8 Å². The van der Waals surface area contributed by atoms with E-state index in [-0.39, 0.29) is 31.2 Å². The first-order chi connectivity index (χ1) is 14.8. The Bertz CT molecular complexity index is 939. The number of carboxylic acids is 1. The molecule has 1 saturated heterocycles. The summed E-state index contributed by atoms with van der Waals surface area (Å²) < 4.78 is 4.88. The van der Waals surface area contributed by atoms with Gasteiger partial charge in [0.1, 0.15) is 23.7 Å². The molecule has 0 aromatic heterocycles. The molecule has 3 rings (SSSR count). The Hall–Kier alpha value is -2.60. The van der Waals surface area contributed by atoms with Crippen LogP contribution in [0.2, 0.25) is 5.02 Å². The quantitative estimate of drug-likeness (QED) is 0.206. The first-order valence-electron chi connectivity index (χ1n) is 9.19. The van der Waals surface area contributed by atoms with Crippen LogP contribution >= 0.6 is 23.4 Å². The minimum Gasteiger partial charge on any atom is -0.477 e. The van der Waals surface area contributed by atoms with E-state index < -0.39 is 35.2 Å². The number of ether oxygens (including phenoxy) is 1. The molecule has 1 aromatic rings. The molecular formula is C19H20ClN3O7S. The average molecular weight is 470 g/mol. The number of hydrogen-bond donors (Lipinski definition) is 3. The Morgan fingerprint density at radius 1 is 1.32 bits per heavy atom. The van der Waals surface area contributed by atoms with Gasteiger partial charge in [-0.05, 0) is 17.7 Å². The molecule has 0 spiro atoms. The molecule has 10 nitrogen and oxygen atoms in total. The molecule has 2 amide bonds. The molecule has 166 valence electrons. The number of esters is 1. The van der Waals surface area contributed by atoms with E-state index in [1.165, 1.54) is 18.7 Å². The number of nitrogens with one attached hydrogen (secondary N) is 2. The van der Waals surface area contributed by atoms with Crippen LogP contribution in [-0.2, 0) is 35.4 Å². The summed E-state index contributed by atoms with van der Waals surface area (Å²) in [6, 6.07) is 6.21. The van der Waals surface area contributed by atoms with Crippen molar-refractivity contribution >= 4 is 47.1 Å². The summed E-state index contributed by atoms with van der Waals surface area (Å²) >= 11 is 7.18. The van der Waals surface area contributed by atoms with Crippen molar-refractivity contribution in [3.8, 4) is 0 Å². The number of carbonyl (C=O) groups excluding carboxylic acids is 3. The predicted octanol–water partition coefficient (Wildman–Crippen LogP) is 0.663. The van der Waals surface area contributed by atoms with Gasteiger partial charge in [0, 0.05) is 23.3 Å². The third-order valence-electron chi connectivity index (χ3n) is 4.48. The highest BCUT2D eigenvalue weighted by Gasteiger charge is 2.54. The number of rotatable bonds is 9. The molecule has 1 aromatic carbocycles. The van der Waals surface area contributed by atoms with Crippen molar-refractivity contribution in [1.82, 2.24) is 15.7 Å². The lowest BCUT2D eigenvalue weighted by molar-refractivity contribution is -0.151. The molecule has 0 saturated carbocycles. The van der Waals surface area contributed by atoms with Gasteiger partial charge in [0.2, 0.25) is 5.91 Å². The molecule has 1 unspecified atom stereocenters. The SMILES string of the molecule is CC(=O)OCC1=C(C(=O)O)N2C(=O)[C@@H](NC(=O)CNOCc3cccc(Cl)c3)C2SC1. The number of β-lactam (4-membered cyclic amide) rings is 1. The molecule has 31 heavy (non-hydrogen) atoms. The number of aliphatic carboxylic acids is 1. The molecule has 2 heterocycles. The van der Waals surface area contributed by atoms with Crippen LogP contribution in [0.4, 0.5) is 0 Å². The summed E-state index contributed by atoms with van der Waals surface area (Å²) in [6.07, 6.45) is 0. The van der Waals surface area contributed by atoms with Crippen LogP contribution in [0.1, 0.15) is 12.5 Å². The molecule has 2 aliphatic rings. The number of carbonyl (C=O) groups is 4. The van der Waals surface area contributed by atoms with E-state index in [0.29, 0.717) is 10.6 Å². The fourth-order valence-corrected chi connectivity index (χ4v) is 4.63. The van der Waals surface area contributed by atoms with E-state index in [1.54, 1.807) is 18.2 Å². The largest absolute Gasteiger partial charge is 0.477 e. The van der Waals surface area contributed by atoms with Crippen molar-refractivity contribution in [2.24, 2.45) is 0 Å². The number of hydrogen-bond acceptors (Lipinski definition) is 8. The van der Waals surface area contributed by atoms with Crippen LogP contribution in [0.25, 0.3) is 0 Å². The highest BCUT2D eigenvalue weighted by molar-refractivity contribution is 8.00. The summed E-state index contributed by atoms with van der Waals surface area (Å²) in [5, 5.41) is 12.1. The number of hydroxylamine groups is 1. The van der Waals surface area contributed by atoms with Crippen molar-refractivity contribution < 1.29 is 33.9 Å². The molecule has 2 atom stereocenters. The predicted molar refractivity (Wildman–Crippen MR) is 111 cm³/mol. The topological polar surface area (TPSA) is 134 Å². The standard InChI is InChI=1S/C19H20ClN3O7S/c1-10(24)29-8-12-9-31-18-15(17(26)23(18)16(12)19(27)28)22-14(25)6-21-30-7-11-3-2-4-13(20)5-11/h2-5,15,18,21H,6-9H2,1H3,(H,22,25)(H,27,28)/t15-,18?/m1/s1. The number of nitrogens with zero attached hydrogens (tertiary/aromatic N) is 1. The zero-order chi connectivity index (χ0) is 22.5. The Kier molecular flexibility index (Phi) is 7.55. The van der Waals surface area contributed by atoms with Gasteiger partial charge in [-0.1, -0.05) is 23.7 Å². The van der Waals surface area contributed by atoms with Gasteiger partial charge in [-0.25, -0.2) is 4.79 Å². The van der Waals surface area contributed by atoms with Crippen LogP contribution in [0, 0.1) is 0 Å². The molecule has 12 heteroatoms. The van der Waals surface area contributed by atoms with Crippen molar-refractivity contribution in [1.29, 1.82) is 0 Å². The van der Waals surface area contributed by atoms with Gasteiger partial charge in [0.05, 0.1) is 13.2 Å². The molecule has 0 aliphatic carbocycles. The van der Waals surface area contributed by atoms with Gasteiger partial charge in [0.15, 0.2) is 0 Å². The molecule has 1 fully saturated rings. The first-order valence-corrected chi connectivity index (χ1v) is 10.6. The van der Waals surface area contributed by atoms with Gasteiger partial charge in [-0.15, -0.1) is 11.8 Å². The smallest absolute Gasteiger partial charge is 0.352 e. The van der Waals surface area contributed by atoms with Crippen molar-refractivity contribution in [2.75, 3.05) is 18.9 Å².